The van der Waals surface area contributed by atoms with Crippen LogP contribution in [0, 0.1) is 0 Å². The van der Waals surface area contributed by atoms with Gasteiger partial charge in [-0.2, -0.15) is 0 Å². The standard InChI is InChI=1S/C19H21NO6/c1-12(26-15-7-5-6-13(10-15)19(22)25-4)18(21)20-14-8-9-16(23-2)17(11-14)24-3/h5-12H,1-4H3,(H,20,21)/t12-/m1/s1. The summed E-state index contributed by atoms with van der Waals surface area (Å²) in [6.45, 7) is 1.61. The second kappa shape index (κ2) is 8.75. The molecular weight excluding hydrogens is 338 g/mol. The fourth-order valence-corrected chi connectivity index (χ4v) is 2.23. The van der Waals surface area contributed by atoms with Gasteiger partial charge in [-0.05, 0) is 37.3 Å². The van der Waals surface area contributed by atoms with Crippen LogP contribution in [0.2, 0.25) is 0 Å². The Hall–Kier alpha value is -3.22. The third kappa shape index (κ3) is 4.66. The van der Waals surface area contributed by atoms with Gasteiger partial charge in [0.1, 0.15) is 5.75 Å². The Balaban J connectivity index is 2.05. The van der Waals surface area contributed by atoms with E-state index in [9.17, 15) is 9.59 Å². The molecule has 7 heteroatoms. The van der Waals surface area contributed by atoms with Crippen LogP contribution < -0.4 is 19.5 Å². The number of esters is 1. The molecule has 0 unspecified atom stereocenters. The molecular formula is C19H21NO6. The average molecular weight is 359 g/mol. The second-order valence-electron chi connectivity index (χ2n) is 5.34. The molecule has 0 heterocycles. The van der Waals surface area contributed by atoms with E-state index in [0.717, 1.165) is 0 Å². The van der Waals surface area contributed by atoms with Crippen LogP contribution >= 0.6 is 0 Å². The number of hydrogen-bond donors (Lipinski definition) is 1. The number of carbonyl (C=O) groups excluding carboxylic acids is 2. The zero-order valence-electron chi connectivity index (χ0n) is 15.1. The van der Waals surface area contributed by atoms with Gasteiger partial charge in [0.25, 0.3) is 5.91 Å². The van der Waals surface area contributed by atoms with E-state index in [1.54, 1.807) is 43.3 Å². The first-order valence-electron chi connectivity index (χ1n) is 7.86. The number of hydrogen-bond acceptors (Lipinski definition) is 6. The van der Waals surface area contributed by atoms with Crippen LogP contribution in [0.15, 0.2) is 42.5 Å². The van der Waals surface area contributed by atoms with Crippen molar-refractivity contribution in [2.24, 2.45) is 0 Å². The molecule has 1 atom stereocenters. The first-order chi connectivity index (χ1) is 12.5. The Labute approximate surface area is 151 Å². The van der Waals surface area contributed by atoms with E-state index in [1.165, 1.54) is 27.4 Å². The quantitative estimate of drug-likeness (QED) is 0.766. The lowest BCUT2D eigenvalue weighted by Gasteiger charge is -2.16. The Bertz CT molecular complexity index is 789. The van der Waals surface area contributed by atoms with E-state index in [0.29, 0.717) is 28.5 Å². The SMILES string of the molecule is COC(=O)c1cccc(O[C@H](C)C(=O)Nc2ccc(OC)c(OC)c2)c1. The summed E-state index contributed by atoms with van der Waals surface area (Å²) in [6, 6.07) is 11.5. The number of carbonyl (C=O) groups is 2. The van der Waals surface area contributed by atoms with Crippen molar-refractivity contribution in [3.8, 4) is 17.2 Å². The fraction of sp³-hybridized carbons (Fsp3) is 0.263. The Morgan fingerprint density at radius 1 is 0.962 bits per heavy atom. The molecule has 0 saturated carbocycles. The lowest BCUT2D eigenvalue weighted by molar-refractivity contribution is -0.122. The van der Waals surface area contributed by atoms with Crippen molar-refractivity contribution >= 4 is 17.6 Å². The highest BCUT2D eigenvalue weighted by atomic mass is 16.5. The van der Waals surface area contributed by atoms with E-state index in [2.05, 4.69) is 10.1 Å². The summed E-state index contributed by atoms with van der Waals surface area (Å²) < 4.78 is 20.6. The van der Waals surface area contributed by atoms with Crippen molar-refractivity contribution in [2.45, 2.75) is 13.0 Å². The molecule has 0 bridgehead atoms. The first-order valence-corrected chi connectivity index (χ1v) is 7.86. The average Bonchev–Trinajstić information content (AvgIpc) is 2.67. The van der Waals surface area contributed by atoms with Crippen molar-refractivity contribution in [3.05, 3.63) is 48.0 Å². The van der Waals surface area contributed by atoms with Crippen molar-refractivity contribution < 1.29 is 28.5 Å². The molecule has 7 nitrogen and oxygen atoms in total. The van der Waals surface area contributed by atoms with Crippen molar-refractivity contribution in [1.82, 2.24) is 0 Å². The van der Waals surface area contributed by atoms with Crippen LogP contribution in [0.4, 0.5) is 5.69 Å². The van der Waals surface area contributed by atoms with Gasteiger partial charge in [-0.3, -0.25) is 4.79 Å². The Morgan fingerprint density at radius 3 is 2.35 bits per heavy atom. The molecule has 0 saturated heterocycles. The van der Waals surface area contributed by atoms with E-state index in [1.807, 2.05) is 0 Å². The third-order valence-electron chi connectivity index (χ3n) is 3.59. The molecule has 1 amide bonds. The molecule has 2 aromatic rings. The second-order valence-corrected chi connectivity index (χ2v) is 5.34. The number of ether oxygens (including phenoxy) is 4. The molecule has 26 heavy (non-hydrogen) atoms. The van der Waals surface area contributed by atoms with Gasteiger partial charge < -0.3 is 24.3 Å². The van der Waals surface area contributed by atoms with Crippen LogP contribution in [-0.4, -0.2) is 39.3 Å². The zero-order valence-corrected chi connectivity index (χ0v) is 15.1. The summed E-state index contributed by atoms with van der Waals surface area (Å²) in [5.41, 5.74) is 0.893. The maximum Gasteiger partial charge on any atom is 0.337 e. The Morgan fingerprint density at radius 2 is 1.69 bits per heavy atom. The van der Waals surface area contributed by atoms with E-state index in [4.69, 9.17) is 14.2 Å². The molecule has 0 radical (unpaired) electrons. The van der Waals surface area contributed by atoms with Gasteiger partial charge in [0, 0.05) is 11.8 Å². The molecule has 0 aliphatic rings. The number of methoxy groups -OCH3 is 3. The highest BCUT2D eigenvalue weighted by molar-refractivity contribution is 5.94. The van der Waals surface area contributed by atoms with Crippen LogP contribution in [0.5, 0.6) is 17.2 Å². The summed E-state index contributed by atoms with van der Waals surface area (Å²) in [5, 5.41) is 2.75. The van der Waals surface area contributed by atoms with Crippen LogP contribution in [0.1, 0.15) is 17.3 Å². The first kappa shape index (κ1) is 19.1. The smallest absolute Gasteiger partial charge is 0.337 e. The number of anilines is 1. The molecule has 0 aromatic heterocycles. The molecule has 138 valence electrons. The van der Waals surface area contributed by atoms with Gasteiger partial charge in [-0.1, -0.05) is 6.07 Å². The minimum absolute atomic E-state index is 0.345. The van der Waals surface area contributed by atoms with Gasteiger partial charge in [-0.25, -0.2) is 4.79 Å². The van der Waals surface area contributed by atoms with Gasteiger partial charge in [0.2, 0.25) is 0 Å². The van der Waals surface area contributed by atoms with E-state index in [-0.39, 0.29) is 5.91 Å². The lowest BCUT2D eigenvalue weighted by atomic mass is 10.2. The largest absolute Gasteiger partial charge is 0.493 e. The molecule has 2 aromatic carbocycles. The number of benzene rings is 2. The maximum absolute atomic E-state index is 12.3. The van der Waals surface area contributed by atoms with E-state index >= 15 is 0 Å². The molecule has 0 aliphatic heterocycles. The van der Waals surface area contributed by atoms with Crippen LogP contribution in [0.25, 0.3) is 0 Å². The summed E-state index contributed by atoms with van der Waals surface area (Å²) in [7, 11) is 4.35. The molecule has 0 aliphatic carbocycles. The number of rotatable bonds is 7. The van der Waals surface area contributed by atoms with E-state index < -0.39 is 12.1 Å². The van der Waals surface area contributed by atoms with Gasteiger partial charge >= 0.3 is 5.97 Å². The molecule has 0 fully saturated rings. The van der Waals surface area contributed by atoms with Gasteiger partial charge in [-0.15, -0.1) is 0 Å². The van der Waals surface area contributed by atoms with Crippen molar-refractivity contribution in [3.63, 3.8) is 0 Å². The van der Waals surface area contributed by atoms with Crippen LogP contribution in [-0.2, 0) is 9.53 Å². The van der Waals surface area contributed by atoms with Crippen LogP contribution in [0.3, 0.4) is 0 Å². The predicted molar refractivity (Wildman–Crippen MR) is 96.0 cm³/mol. The monoisotopic (exact) mass is 359 g/mol. The minimum atomic E-state index is -0.781. The molecule has 0 spiro atoms. The topological polar surface area (TPSA) is 83.1 Å². The van der Waals surface area contributed by atoms with Crippen molar-refractivity contribution in [2.75, 3.05) is 26.6 Å². The lowest BCUT2D eigenvalue weighted by Crippen LogP contribution is -2.30. The number of amides is 1. The summed E-state index contributed by atoms with van der Waals surface area (Å²) >= 11 is 0. The zero-order chi connectivity index (χ0) is 19.1. The molecule has 2 rings (SSSR count). The predicted octanol–water partition coefficient (Wildman–Crippen LogP) is 2.90. The normalized spacial score (nSPS) is 11.2. The van der Waals surface area contributed by atoms with Gasteiger partial charge in [0.05, 0.1) is 26.9 Å². The van der Waals surface area contributed by atoms with Crippen molar-refractivity contribution in [1.29, 1.82) is 0 Å². The van der Waals surface area contributed by atoms with Gasteiger partial charge in [0.15, 0.2) is 17.6 Å². The highest BCUT2D eigenvalue weighted by Crippen LogP contribution is 2.29. The summed E-state index contributed by atoms with van der Waals surface area (Å²) in [5.74, 6) is 0.639. The third-order valence-corrected chi connectivity index (χ3v) is 3.59. The summed E-state index contributed by atoms with van der Waals surface area (Å²) in [6.07, 6.45) is -0.781. The Kier molecular flexibility index (Phi) is 6.43. The molecule has 1 N–H and O–H groups in total. The minimum Gasteiger partial charge on any atom is -0.493 e. The highest BCUT2D eigenvalue weighted by Gasteiger charge is 2.17. The fourth-order valence-electron chi connectivity index (χ4n) is 2.23. The summed E-state index contributed by atoms with van der Waals surface area (Å²) in [4.78, 5) is 23.9. The maximum atomic E-state index is 12.3. The number of nitrogens with one attached hydrogen (secondary N) is 1.